The SMILES string of the molecule is CC(C)C(NC(=O)c1c(F)cccc1F)C(=O)N1CCN(c2ccc(Cl)cc2)CC1. The third kappa shape index (κ3) is 4.90. The Morgan fingerprint density at radius 1 is 0.967 bits per heavy atom. The largest absolute Gasteiger partial charge is 0.368 e. The molecule has 8 heteroatoms. The number of amides is 2. The topological polar surface area (TPSA) is 52.7 Å². The van der Waals surface area contributed by atoms with E-state index in [0.717, 1.165) is 17.8 Å². The molecular weight excluding hydrogens is 412 g/mol. The Kier molecular flexibility index (Phi) is 6.92. The van der Waals surface area contributed by atoms with E-state index in [9.17, 15) is 18.4 Å². The molecule has 1 N–H and O–H groups in total. The summed E-state index contributed by atoms with van der Waals surface area (Å²) in [5.74, 6) is -3.35. The van der Waals surface area contributed by atoms with E-state index in [1.165, 1.54) is 6.07 Å². The molecule has 0 bridgehead atoms. The van der Waals surface area contributed by atoms with Crippen molar-refractivity contribution >= 4 is 29.1 Å². The standard InChI is InChI=1S/C22H24ClF2N3O2/c1-14(2)20(26-21(29)19-17(24)4-3-5-18(19)25)22(30)28-12-10-27(11-13-28)16-8-6-15(23)7-9-16/h3-9,14,20H,10-13H2,1-2H3,(H,26,29). The second-order valence-electron chi connectivity index (χ2n) is 7.58. The molecule has 1 unspecified atom stereocenters. The molecule has 0 saturated carbocycles. The van der Waals surface area contributed by atoms with Crippen LogP contribution in [0.2, 0.25) is 5.02 Å². The summed E-state index contributed by atoms with van der Waals surface area (Å²) in [7, 11) is 0. The molecule has 2 aromatic carbocycles. The lowest BCUT2D eigenvalue weighted by Crippen LogP contribution is -2.56. The van der Waals surface area contributed by atoms with Crippen molar-refractivity contribution in [3.63, 3.8) is 0 Å². The van der Waals surface area contributed by atoms with Crippen LogP contribution in [0.25, 0.3) is 0 Å². The van der Waals surface area contributed by atoms with Crippen LogP contribution in [0.5, 0.6) is 0 Å². The van der Waals surface area contributed by atoms with Gasteiger partial charge < -0.3 is 15.1 Å². The number of halogens is 3. The van der Waals surface area contributed by atoms with Crippen LogP contribution in [0.3, 0.4) is 0 Å². The third-order valence-corrected chi connectivity index (χ3v) is 5.44. The van der Waals surface area contributed by atoms with E-state index >= 15 is 0 Å². The molecule has 2 amide bonds. The highest BCUT2D eigenvalue weighted by Gasteiger charge is 2.32. The van der Waals surface area contributed by atoms with Gasteiger partial charge in [-0.3, -0.25) is 9.59 Å². The molecule has 1 aliphatic rings. The lowest BCUT2D eigenvalue weighted by Gasteiger charge is -2.38. The number of anilines is 1. The molecule has 160 valence electrons. The Morgan fingerprint density at radius 2 is 1.53 bits per heavy atom. The summed E-state index contributed by atoms with van der Waals surface area (Å²) in [5, 5.41) is 3.18. The number of carbonyl (C=O) groups is 2. The lowest BCUT2D eigenvalue weighted by atomic mass is 10.0. The van der Waals surface area contributed by atoms with Gasteiger partial charge in [0.2, 0.25) is 5.91 Å². The summed E-state index contributed by atoms with van der Waals surface area (Å²) in [6.45, 7) is 5.79. The number of hydrogen-bond acceptors (Lipinski definition) is 3. The number of hydrogen-bond donors (Lipinski definition) is 1. The van der Waals surface area contributed by atoms with Gasteiger partial charge in [0.15, 0.2) is 0 Å². The fourth-order valence-corrected chi connectivity index (χ4v) is 3.60. The predicted octanol–water partition coefficient (Wildman–Crippen LogP) is 3.72. The number of piperazine rings is 1. The summed E-state index contributed by atoms with van der Waals surface area (Å²) in [4.78, 5) is 29.4. The van der Waals surface area contributed by atoms with Crippen molar-refractivity contribution in [2.75, 3.05) is 31.1 Å². The molecule has 1 heterocycles. The molecule has 5 nitrogen and oxygen atoms in total. The minimum atomic E-state index is -0.959. The zero-order chi connectivity index (χ0) is 21.8. The van der Waals surface area contributed by atoms with E-state index in [1.54, 1.807) is 18.7 Å². The van der Waals surface area contributed by atoms with E-state index in [2.05, 4.69) is 10.2 Å². The third-order valence-electron chi connectivity index (χ3n) is 5.19. The van der Waals surface area contributed by atoms with Gasteiger partial charge in [-0.1, -0.05) is 31.5 Å². The average Bonchev–Trinajstić information content (AvgIpc) is 2.72. The molecule has 0 aromatic heterocycles. The average molecular weight is 436 g/mol. The maximum absolute atomic E-state index is 13.9. The van der Waals surface area contributed by atoms with E-state index in [1.807, 2.05) is 24.3 Å². The van der Waals surface area contributed by atoms with Gasteiger partial charge >= 0.3 is 0 Å². The minimum Gasteiger partial charge on any atom is -0.368 e. The van der Waals surface area contributed by atoms with Gasteiger partial charge in [0.25, 0.3) is 5.91 Å². The number of nitrogens with zero attached hydrogens (tertiary/aromatic N) is 2. The molecular formula is C22H24ClF2N3O2. The van der Waals surface area contributed by atoms with Crippen LogP contribution >= 0.6 is 11.6 Å². The van der Waals surface area contributed by atoms with Gasteiger partial charge in [-0.25, -0.2) is 8.78 Å². The molecule has 1 atom stereocenters. The molecule has 0 radical (unpaired) electrons. The Bertz CT molecular complexity index is 893. The summed E-state index contributed by atoms with van der Waals surface area (Å²) in [5.41, 5.74) is 0.346. The quantitative estimate of drug-likeness (QED) is 0.778. The fourth-order valence-electron chi connectivity index (χ4n) is 3.48. The lowest BCUT2D eigenvalue weighted by molar-refractivity contribution is -0.134. The Hall–Kier alpha value is -2.67. The van der Waals surface area contributed by atoms with Crippen molar-refractivity contribution in [2.45, 2.75) is 19.9 Å². The molecule has 1 saturated heterocycles. The monoisotopic (exact) mass is 435 g/mol. The smallest absolute Gasteiger partial charge is 0.257 e. The highest BCUT2D eigenvalue weighted by atomic mass is 35.5. The van der Waals surface area contributed by atoms with E-state index in [-0.39, 0.29) is 11.8 Å². The second kappa shape index (κ2) is 9.43. The predicted molar refractivity (Wildman–Crippen MR) is 113 cm³/mol. The van der Waals surface area contributed by atoms with Gasteiger partial charge in [0.05, 0.1) is 0 Å². The molecule has 2 aromatic rings. The first-order valence-corrected chi connectivity index (χ1v) is 10.2. The van der Waals surface area contributed by atoms with E-state index in [4.69, 9.17) is 11.6 Å². The van der Waals surface area contributed by atoms with Crippen LogP contribution in [-0.2, 0) is 4.79 Å². The highest BCUT2D eigenvalue weighted by molar-refractivity contribution is 6.30. The van der Waals surface area contributed by atoms with Crippen LogP contribution < -0.4 is 10.2 Å². The van der Waals surface area contributed by atoms with Crippen molar-refractivity contribution in [1.29, 1.82) is 0 Å². The van der Waals surface area contributed by atoms with Gasteiger partial charge in [-0.15, -0.1) is 0 Å². The van der Waals surface area contributed by atoms with Crippen LogP contribution in [0.15, 0.2) is 42.5 Å². The van der Waals surface area contributed by atoms with Crippen LogP contribution in [-0.4, -0.2) is 48.9 Å². The van der Waals surface area contributed by atoms with Crippen molar-refractivity contribution in [2.24, 2.45) is 5.92 Å². The molecule has 30 heavy (non-hydrogen) atoms. The molecule has 0 spiro atoms. The minimum absolute atomic E-state index is 0.245. The van der Waals surface area contributed by atoms with Crippen molar-refractivity contribution in [3.8, 4) is 0 Å². The first kappa shape index (κ1) is 22.0. The van der Waals surface area contributed by atoms with E-state index in [0.29, 0.717) is 31.2 Å². The molecule has 1 fully saturated rings. The maximum Gasteiger partial charge on any atom is 0.257 e. The Morgan fingerprint density at radius 3 is 2.07 bits per heavy atom. The number of nitrogens with one attached hydrogen (secondary N) is 1. The molecule has 1 aliphatic heterocycles. The normalized spacial score (nSPS) is 15.3. The number of benzene rings is 2. The maximum atomic E-state index is 13.9. The van der Waals surface area contributed by atoms with Gasteiger partial charge in [-0.05, 0) is 42.3 Å². The zero-order valence-electron chi connectivity index (χ0n) is 16.9. The highest BCUT2D eigenvalue weighted by Crippen LogP contribution is 2.20. The Balaban J connectivity index is 1.66. The summed E-state index contributed by atoms with van der Waals surface area (Å²) in [6.07, 6.45) is 0. The van der Waals surface area contributed by atoms with Crippen molar-refractivity contribution < 1.29 is 18.4 Å². The first-order valence-electron chi connectivity index (χ1n) is 9.82. The number of rotatable bonds is 5. The van der Waals surface area contributed by atoms with E-state index < -0.39 is 29.1 Å². The van der Waals surface area contributed by atoms with Crippen LogP contribution in [0, 0.1) is 17.6 Å². The summed E-state index contributed by atoms with van der Waals surface area (Å²) >= 11 is 5.93. The summed E-state index contributed by atoms with van der Waals surface area (Å²) < 4.78 is 27.9. The van der Waals surface area contributed by atoms with Crippen LogP contribution in [0.4, 0.5) is 14.5 Å². The van der Waals surface area contributed by atoms with Gasteiger partial charge in [0.1, 0.15) is 23.2 Å². The Labute approximate surface area is 179 Å². The van der Waals surface area contributed by atoms with Gasteiger partial charge in [0, 0.05) is 36.9 Å². The second-order valence-corrected chi connectivity index (χ2v) is 8.02. The number of carbonyl (C=O) groups excluding carboxylic acids is 2. The molecule has 3 rings (SSSR count). The summed E-state index contributed by atoms with van der Waals surface area (Å²) in [6, 6.07) is 9.84. The zero-order valence-corrected chi connectivity index (χ0v) is 17.6. The van der Waals surface area contributed by atoms with Gasteiger partial charge in [-0.2, -0.15) is 0 Å². The fraction of sp³-hybridized carbons (Fsp3) is 0.364. The van der Waals surface area contributed by atoms with Crippen LogP contribution in [0.1, 0.15) is 24.2 Å². The van der Waals surface area contributed by atoms with Crippen molar-refractivity contribution in [3.05, 3.63) is 64.7 Å². The van der Waals surface area contributed by atoms with Crippen molar-refractivity contribution in [1.82, 2.24) is 10.2 Å². The first-order chi connectivity index (χ1) is 14.3. The molecule has 0 aliphatic carbocycles.